The molecule has 5 aromatic rings. The van der Waals surface area contributed by atoms with E-state index in [4.69, 9.17) is 0 Å². The first-order chi connectivity index (χ1) is 14.8. The second kappa shape index (κ2) is 8.12. The number of aromatic nitrogens is 5. The third-order valence-corrected chi connectivity index (χ3v) is 5.78. The highest BCUT2D eigenvalue weighted by Gasteiger charge is 2.18. The highest BCUT2D eigenvalue weighted by Crippen LogP contribution is 2.28. The highest BCUT2D eigenvalue weighted by molar-refractivity contribution is 7.98. The SMILES string of the molecule is Fc1ccccc1-c1nnc(SCc2cn3ccccc3n2)n1Cc1ccccc1. The minimum Gasteiger partial charge on any atom is -0.307 e. The van der Waals surface area contributed by atoms with E-state index in [0.717, 1.165) is 22.1 Å². The molecular formula is C23H18FN5S. The molecule has 0 bridgehead atoms. The van der Waals surface area contributed by atoms with Gasteiger partial charge >= 0.3 is 0 Å². The van der Waals surface area contributed by atoms with Crippen LogP contribution in [0, 0.1) is 5.82 Å². The van der Waals surface area contributed by atoms with E-state index in [1.54, 1.807) is 23.9 Å². The average molecular weight is 415 g/mol. The summed E-state index contributed by atoms with van der Waals surface area (Å²) in [6.07, 6.45) is 3.99. The molecule has 5 nitrogen and oxygen atoms in total. The van der Waals surface area contributed by atoms with Crippen molar-refractivity contribution in [3.63, 3.8) is 0 Å². The summed E-state index contributed by atoms with van der Waals surface area (Å²) in [5.41, 5.74) is 3.41. The molecule has 0 N–H and O–H groups in total. The summed E-state index contributed by atoms with van der Waals surface area (Å²) >= 11 is 1.55. The van der Waals surface area contributed by atoms with Crippen LogP contribution in [-0.4, -0.2) is 24.1 Å². The Hall–Kier alpha value is -3.45. The zero-order chi connectivity index (χ0) is 20.3. The van der Waals surface area contributed by atoms with Crippen molar-refractivity contribution >= 4 is 17.4 Å². The third-order valence-electron chi connectivity index (χ3n) is 4.78. The first kappa shape index (κ1) is 18.6. The average Bonchev–Trinajstić information content (AvgIpc) is 3.37. The molecule has 0 unspecified atom stereocenters. The van der Waals surface area contributed by atoms with Crippen molar-refractivity contribution in [1.82, 2.24) is 24.1 Å². The lowest BCUT2D eigenvalue weighted by molar-refractivity contribution is 0.626. The van der Waals surface area contributed by atoms with Gasteiger partial charge in [0.2, 0.25) is 0 Å². The number of nitrogens with zero attached hydrogens (tertiary/aromatic N) is 5. The molecule has 30 heavy (non-hydrogen) atoms. The molecule has 0 saturated carbocycles. The van der Waals surface area contributed by atoms with Crippen LogP contribution in [0.1, 0.15) is 11.3 Å². The van der Waals surface area contributed by atoms with Gasteiger partial charge in [0.05, 0.1) is 17.8 Å². The summed E-state index contributed by atoms with van der Waals surface area (Å²) < 4.78 is 18.4. The number of fused-ring (bicyclic) bond motifs is 1. The molecule has 3 heterocycles. The van der Waals surface area contributed by atoms with E-state index in [1.165, 1.54) is 6.07 Å². The normalized spacial score (nSPS) is 11.2. The fourth-order valence-electron chi connectivity index (χ4n) is 3.34. The summed E-state index contributed by atoms with van der Waals surface area (Å²) in [6.45, 7) is 0.561. The van der Waals surface area contributed by atoms with Crippen LogP contribution in [0.3, 0.4) is 0 Å². The van der Waals surface area contributed by atoms with E-state index in [-0.39, 0.29) is 5.82 Å². The Kier molecular flexibility index (Phi) is 5.03. The van der Waals surface area contributed by atoms with Crippen LogP contribution in [0.15, 0.2) is 90.3 Å². The molecule has 0 aliphatic rings. The molecule has 0 saturated heterocycles. The number of hydrogen-bond acceptors (Lipinski definition) is 4. The molecule has 7 heteroatoms. The maximum absolute atomic E-state index is 14.5. The van der Waals surface area contributed by atoms with Gasteiger partial charge < -0.3 is 4.40 Å². The first-order valence-corrected chi connectivity index (χ1v) is 10.5. The minimum atomic E-state index is -0.309. The van der Waals surface area contributed by atoms with Gasteiger partial charge in [-0.05, 0) is 29.8 Å². The van der Waals surface area contributed by atoms with Gasteiger partial charge in [-0.25, -0.2) is 9.37 Å². The Balaban J connectivity index is 1.48. The maximum Gasteiger partial charge on any atom is 0.192 e. The molecular weight excluding hydrogens is 397 g/mol. The fourth-order valence-corrected chi connectivity index (χ4v) is 4.16. The molecule has 0 aliphatic carbocycles. The maximum atomic E-state index is 14.5. The highest BCUT2D eigenvalue weighted by atomic mass is 32.2. The van der Waals surface area contributed by atoms with Gasteiger partial charge in [0.15, 0.2) is 11.0 Å². The molecule has 0 atom stereocenters. The van der Waals surface area contributed by atoms with Crippen molar-refractivity contribution in [2.45, 2.75) is 17.5 Å². The number of halogens is 1. The summed E-state index contributed by atoms with van der Waals surface area (Å²) in [6, 6.07) is 22.6. The number of benzene rings is 2. The third kappa shape index (κ3) is 3.71. The van der Waals surface area contributed by atoms with Gasteiger partial charge in [-0.2, -0.15) is 0 Å². The Morgan fingerprint density at radius 2 is 1.67 bits per heavy atom. The molecule has 0 spiro atoms. The molecule has 0 amide bonds. The van der Waals surface area contributed by atoms with Crippen molar-refractivity contribution in [3.05, 3.63) is 102 Å². The molecule has 0 fully saturated rings. The summed E-state index contributed by atoms with van der Waals surface area (Å²) in [7, 11) is 0. The minimum absolute atomic E-state index is 0.309. The number of rotatable bonds is 6. The van der Waals surface area contributed by atoms with Gasteiger partial charge in [0.25, 0.3) is 0 Å². The van der Waals surface area contributed by atoms with Crippen molar-refractivity contribution in [2.24, 2.45) is 0 Å². The van der Waals surface area contributed by atoms with E-state index >= 15 is 0 Å². The van der Waals surface area contributed by atoms with Crippen molar-refractivity contribution < 1.29 is 4.39 Å². The van der Waals surface area contributed by atoms with Crippen molar-refractivity contribution in [2.75, 3.05) is 0 Å². The Labute approximate surface area is 177 Å². The lowest BCUT2D eigenvalue weighted by Gasteiger charge is -2.10. The van der Waals surface area contributed by atoms with Gasteiger partial charge in [-0.1, -0.05) is 60.3 Å². The monoisotopic (exact) mass is 415 g/mol. The topological polar surface area (TPSA) is 48.0 Å². The van der Waals surface area contributed by atoms with E-state index in [0.29, 0.717) is 23.7 Å². The number of hydrogen-bond donors (Lipinski definition) is 0. The Morgan fingerprint density at radius 1 is 0.867 bits per heavy atom. The van der Waals surface area contributed by atoms with Crippen LogP contribution in [0.4, 0.5) is 4.39 Å². The predicted molar refractivity (Wildman–Crippen MR) is 116 cm³/mol. The van der Waals surface area contributed by atoms with Gasteiger partial charge in [-0.3, -0.25) is 4.57 Å². The van der Waals surface area contributed by atoms with Gasteiger partial charge in [-0.15, -0.1) is 10.2 Å². The molecule has 3 aromatic heterocycles. The summed E-state index contributed by atoms with van der Waals surface area (Å²) in [5.74, 6) is 0.858. The Morgan fingerprint density at radius 3 is 2.50 bits per heavy atom. The van der Waals surface area contributed by atoms with Crippen LogP contribution in [0.25, 0.3) is 17.0 Å². The lowest BCUT2D eigenvalue weighted by Crippen LogP contribution is -2.05. The van der Waals surface area contributed by atoms with Crippen LogP contribution in [-0.2, 0) is 12.3 Å². The quantitative estimate of drug-likeness (QED) is 0.363. The number of imidazole rings is 1. The predicted octanol–water partition coefficient (Wildman–Crippen LogP) is 5.07. The number of thioether (sulfide) groups is 1. The van der Waals surface area contributed by atoms with Crippen LogP contribution < -0.4 is 0 Å². The van der Waals surface area contributed by atoms with Crippen molar-refractivity contribution in [3.8, 4) is 11.4 Å². The second-order valence-electron chi connectivity index (χ2n) is 6.84. The van der Waals surface area contributed by atoms with E-state index in [1.807, 2.05) is 76.0 Å². The lowest BCUT2D eigenvalue weighted by atomic mass is 10.2. The Bertz CT molecular complexity index is 1260. The summed E-state index contributed by atoms with van der Waals surface area (Å²) in [5, 5.41) is 9.43. The zero-order valence-corrected chi connectivity index (χ0v) is 16.8. The largest absolute Gasteiger partial charge is 0.307 e. The second-order valence-corrected chi connectivity index (χ2v) is 7.79. The zero-order valence-electron chi connectivity index (χ0n) is 16.0. The summed E-state index contributed by atoms with van der Waals surface area (Å²) in [4.78, 5) is 4.65. The van der Waals surface area contributed by atoms with Crippen LogP contribution in [0.2, 0.25) is 0 Å². The first-order valence-electron chi connectivity index (χ1n) is 9.55. The van der Waals surface area contributed by atoms with Crippen molar-refractivity contribution in [1.29, 1.82) is 0 Å². The number of pyridine rings is 1. The van der Waals surface area contributed by atoms with Crippen LogP contribution in [0.5, 0.6) is 0 Å². The molecule has 0 radical (unpaired) electrons. The molecule has 2 aromatic carbocycles. The standard InChI is InChI=1S/C23H18FN5S/c24-20-11-5-4-10-19(20)22-26-27-23(29(22)14-17-8-2-1-3-9-17)30-16-18-15-28-13-7-6-12-21(28)25-18/h1-13,15H,14,16H2. The molecule has 0 aliphatic heterocycles. The molecule has 148 valence electrons. The van der Waals surface area contributed by atoms with Crippen LogP contribution >= 0.6 is 11.8 Å². The van der Waals surface area contributed by atoms with Gasteiger partial charge in [0, 0.05) is 18.1 Å². The van der Waals surface area contributed by atoms with E-state index in [9.17, 15) is 4.39 Å². The molecule has 5 rings (SSSR count). The van der Waals surface area contributed by atoms with Gasteiger partial charge in [0.1, 0.15) is 11.5 Å². The van der Waals surface area contributed by atoms with E-state index in [2.05, 4.69) is 15.2 Å². The van der Waals surface area contributed by atoms with E-state index < -0.39 is 0 Å². The fraction of sp³-hybridized carbons (Fsp3) is 0.0870. The smallest absolute Gasteiger partial charge is 0.192 e.